The molecule has 2 N–H and O–H groups in total. The van der Waals surface area contributed by atoms with E-state index in [9.17, 15) is 4.79 Å². The van der Waals surface area contributed by atoms with Gasteiger partial charge in [-0.15, -0.1) is 11.8 Å². The van der Waals surface area contributed by atoms with Gasteiger partial charge in [-0.1, -0.05) is 35.9 Å². The third-order valence-corrected chi connectivity index (χ3v) is 4.28. The molecule has 22 heavy (non-hydrogen) atoms. The van der Waals surface area contributed by atoms with Crippen LogP contribution in [0.1, 0.15) is 15.9 Å². The van der Waals surface area contributed by atoms with E-state index in [2.05, 4.69) is 10.6 Å². The molecule has 2 rings (SSSR count). The number of thiocarbonyl (C=S) groups is 1. The fraction of sp³-hybridized carbons (Fsp3) is 0.125. The maximum Gasteiger partial charge on any atom is 0.258 e. The van der Waals surface area contributed by atoms with Crippen molar-refractivity contribution < 1.29 is 4.79 Å². The van der Waals surface area contributed by atoms with Crippen LogP contribution in [-0.2, 0) is 6.54 Å². The summed E-state index contributed by atoms with van der Waals surface area (Å²) in [5, 5.41) is 6.30. The van der Waals surface area contributed by atoms with Gasteiger partial charge in [-0.3, -0.25) is 10.1 Å². The number of amides is 1. The van der Waals surface area contributed by atoms with Crippen LogP contribution < -0.4 is 10.6 Å². The molecule has 114 valence electrons. The van der Waals surface area contributed by atoms with Crippen molar-refractivity contribution >= 4 is 46.6 Å². The lowest BCUT2D eigenvalue weighted by Gasteiger charge is -2.10. The van der Waals surface area contributed by atoms with Gasteiger partial charge in [-0.05, 0) is 48.3 Å². The molecule has 0 aromatic heterocycles. The molecule has 0 radical (unpaired) electrons. The summed E-state index contributed by atoms with van der Waals surface area (Å²) in [6.07, 6.45) is 2.03. The second-order valence-electron chi connectivity index (χ2n) is 4.46. The number of nitrogens with one attached hydrogen (secondary N) is 2. The molecular formula is C16H15ClN2OS2. The lowest BCUT2D eigenvalue weighted by atomic mass is 10.2. The van der Waals surface area contributed by atoms with Crippen LogP contribution in [0.5, 0.6) is 0 Å². The second-order valence-corrected chi connectivity index (χ2v) is 6.16. The standard InChI is InChI=1S/C16H15ClN2OS2/c1-22-12-8-6-11(7-9-12)10-18-16(21)19-15(20)13-4-2-3-5-14(13)17/h2-9H,10H2,1H3,(H2,18,19,20,21). The van der Waals surface area contributed by atoms with Gasteiger partial charge in [-0.2, -0.15) is 0 Å². The predicted octanol–water partition coefficient (Wildman–Crippen LogP) is 3.87. The quantitative estimate of drug-likeness (QED) is 0.649. The van der Waals surface area contributed by atoms with E-state index in [0.717, 1.165) is 5.56 Å². The van der Waals surface area contributed by atoms with Crippen LogP contribution in [-0.4, -0.2) is 17.3 Å². The average molecular weight is 351 g/mol. The summed E-state index contributed by atoms with van der Waals surface area (Å²) >= 11 is 12.8. The van der Waals surface area contributed by atoms with E-state index in [1.165, 1.54) is 4.90 Å². The van der Waals surface area contributed by atoms with Crippen LogP contribution >= 0.6 is 35.6 Å². The monoisotopic (exact) mass is 350 g/mol. The molecule has 0 saturated carbocycles. The van der Waals surface area contributed by atoms with Gasteiger partial charge in [0.2, 0.25) is 0 Å². The van der Waals surface area contributed by atoms with Gasteiger partial charge >= 0.3 is 0 Å². The molecule has 6 heteroatoms. The van der Waals surface area contributed by atoms with Crippen LogP contribution in [0.15, 0.2) is 53.4 Å². The Hall–Kier alpha value is -1.56. The highest BCUT2D eigenvalue weighted by atomic mass is 35.5. The molecule has 0 bridgehead atoms. The first-order valence-electron chi connectivity index (χ1n) is 6.57. The fourth-order valence-corrected chi connectivity index (χ4v) is 2.58. The summed E-state index contributed by atoms with van der Waals surface area (Å²) in [6, 6.07) is 15.0. The van der Waals surface area contributed by atoms with Gasteiger partial charge in [0, 0.05) is 11.4 Å². The van der Waals surface area contributed by atoms with Gasteiger partial charge in [0.15, 0.2) is 5.11 Å². The van der Waals surface area contributed by atoms with E-state index < -0.39 is 0 Å². The molecule has 0 aliphatic rings. The van der Waals surface area contributed by atoms with E-state index >= 15 is 0 Å². The smallest absolute Gasteiger partial charge is 0.258 e. The highest BCUT2D eigenvalue weighted by Gasteiger charge is 2.10. The van der Waals surface area contributed by atoms with Gasteiger partial charge in [0.1, 0.15) is 0 Å². The van der Waals surface area contributed by atoms with E-state index in [4.69, 9.17) is 23.8 Å². The lowest BCUT2D eigenvalue weighted by Crippen LogP contribution is -2.38. The van der Waals surface area contributed by atoms with Crippen molar-refractivity contribution in [3.05, 3.63) is 64.7 Å². The summed E-state index contributed by atoms with van der Waals surface area (Å²) in [5.41, 5.74) is 1.49. The molecule has 0 spiro atoms. The highest BCUT2D eigenvalue weighted by Crippen LogP contribution is 2.15. The topological polar surface area (TPSA) is 41.1 Å². The van der Waals surface area contributed by atoms with Crippen molar-refractivity contribution in [1.29, 1.82) is 0 Å². The van der Waals surface area contributed by atoms with Crippen molar-refractivity contribution in [1.82, 2.24) is 10.6 Å². The van der Waals surface area contributed by atoms with E-state index in [1.54, 1.807) is 36.0 Å². The molecular weight excluding hydrogens is 336 g/mol. The Kier molecular flexibility index (Phi) is 6.24. The summed E-state index contributed by atoms with van der Waals surface area (Å²) < 4.78 is 0. The Morgan fingerprint density at radius 3 is 2.50 bits per heavy atom. The zero-order valence-corrected chi connectivity index (χ0v) is 14.3. The van der Waals surface area contributed by atoms with Crippen molar-refractivity contribution in [3.63, 3.8) is 0 Å². The van der Waals surface area contributed by atoms with Crippen molar-refractivity contribution in [2.75, 3.05) is 6.26 Å². The Labute approximate surface area is 144 Å². The van der Waals surface area contributed by atoms with E-state index in [-0.39, 0.29) is 11.0 Å². The minimum absolute atomic E-state index is 0.277. The van der Waals surface area contributed by atoms with Crippen LogP contribution in [0.25, 0.3) is 0 Å². The first-order chi connectivity index (χ1) is 10.6. The summed E-state index contributed by atoms with van der Waals surface area (Å²) in [5.74, 6) is -0.319. The lowest BCUT2D eigenvalue weighted by molar-refractivity contribution is 0.0977. The van der Waals surface area contributed by atoms with Crippen molar-refractivity contribution in [3.8, 4) is 0 Å². The van der Waals surface area contributed by atoms with Crippen LogP contribution in [0, 0.1) is 0 Å². The molecule has 1 amide bonds. The molecule has 0 heterocycles. The summed E-state index contributed by atoms with van der Waals surface area (Å²) in [6.45, 7) is 0.552. The third-order valence-electron chi connectivity index (χ3n) is 2.96. The fourth-order valence-electron chi connectivity index (χ4n) is 1.79. The van der Waals surface area contributed by atoms with Crippen LogP contribution in [0.2, 0.25) is 5.02 Å². The maximum atomic E-state index is 12.0. The van der Waals surface area contributed by atoms with Gasteiger partial charge < -0.3 is 5.32 Å². The number of benzene rings is 2. The number of halogens is 1. The van der Waals surface area contributed by atoms with Crippen LogP contribution in [0.4, 0.5) is 0 Å². The second kappa shape index (κ2) is 8.17. The number of hydrogen-bond acceptors (Lipinski definition) is 3. The van der Waals surface area contributed by atoms with Gasteiger partial charge in [0.25, 0.3) is 5.91 Å². The summed E-state index contributed by atoms with van der Waals surface area (Å²) in [4.78, 5) is 13.3. The molecule has 3 nitrogen and oxygen atoms in total. The number of thioether (sulfide) groups is 1. The molecule has 2 aromatic carbocycles. The molecule has 0 unspecified atom stereocenters. The number of hydrogen-bond donors (Lipinski definition) is 2. The first kappa shape index (κ1) is 16.8. The third kappa shape index (κ3) is 4.73. The predicted molar refractivity (Wildman–Crippen MR) is 96.6 cm³/mol. The molecule has 0 aliphatic heterocycles. The van der Waals surface area contributed by atoms with Crippen molar-refractivity contribution in [2.45, 2.75) is 11.4 Å². The Morgan fingerprint density at radius 2 is 1.86 bits per heavy atom. The van der Waals surface area contributed by atoms with Gasteiger partial charge in [0.05, 0.1) is 10.6 Å². The average Bonchev–Trinajstić information content (AvgIpc) is 2.53. The maximum absolute atomic E-state index is 12.0. The van der Waals surface area contributed by atoms with E-state index in [0.29, 0.717) is 17.1 Å². The molecule has 0 aliphatic carbocycles. The highest BCUT2D eigenvalue weighted by molar-refractivity contribution is 7.98. The molecule has 0 fully saturated rings. The minimum atomic E-state index is -0.319. The van der Waals surface area contributed by atoms with Crippen molar-refractivity contribution in [2.24, 2.45) is 0 Å². The SMILES string of the molecule is CSc1ccc(CNC(=S)NC(=O)c2ccccc2Cl)cc1. The number of rotatable bonds is 4. The van der Waals surface area contributed by atoms with Gasteiger partial charge in [-0.25, -0.2) is 0 Å². The first-order valence-corrected chi connectivity index (χ1v) is 8.58. The molecule has 0 saturated heterocycles. The molecule has 0 atom stereocenters. The summed E-state index contributed by atoms with van der Waals surface area (Å²) in [7, 11) is 0. The Balaban J connectivity index is 1.87. The minimum Gasteiger partial charge on any atom is -0.358 e. The zero-order valence-electron chi connectivity index (χ0n) is 11.9. The molecule has 2 aromatic rings. The number of carbonyl (C=O) groups excluding carboxylic acids is 1. The largest absolute Gasteiger partial charge is 0.358 e. The Morgan fingerprint density at radius 1 is 1.18 bits per heavy atom. The van der Waals surface area contributed by atoms with Crippen LogP contribution in [0.3, 0.4) is 0 Å². The normalized spacial score (nSPS) is 10.1. The van der Waals surface area contributed by atoms with E-state index in [1.807, 2.05) is 30.5 Å². The Bertz CT molecular complexity index is 674. The number of carbonyl (C=O) groups is 1. The zero-order chi connectivity index (χ0) is 15.9.